The molecule has 2 fully saturated rings. The molecule has 4 rings (SSSR count). The second-order valence-electron chi connectivity index (χ2n) is 8.25. The van der Waals surface area contributed by atoms with Gasteiger partial charge in [0.1, 0.15) is 11.9 Å². The number of hydrogen-bond acceptors (Lipinski definition) is 4. The van der Waals surface area contributed by atoms with E-state index in [1.165, 1.54) is 0 Å². The van der Waals surface area contributed by atoms with Gasteiger partial charge in [0.05, 0.1) is 20.0 Å². The molecule has 2 heterocycles. The van der Waals surface area contributed by atoms with Crippen molar-refractivity contribution < 1.29 is 13.7 Å². The van der Waals surface area contributed by atoms with Crippen LogP contribution in [-0.4, -0.2) is 58.4 Å². The molecule has 6 nitrogen and oxygen atoms in total. The number of nitrogens with one attached hydrogen (secondary N) is 1. The fraction of sp³-hybridized carbons (Fsp3) is 0.435. The van der Waals surface area contributed by atoms with Crippen LogP contribution < -0.4 is 9.46 Å². The van der Waals surface area contributed by atoms with Gasteiger partial charge in [-0.2, -0.15) is 0 Å². The van der Waals surface area contributed by atoms with Crippen LogP contribution in [0.3, 0.4) is 0 Å². The highest BCUT2D eigenvalue weighted by Gasteiger charge is 2.30. The van der Waals surface area contributed by atoms with Crippen molar-refractivity contribution in [1.82, 2.24) is 14.5 Å². The zero-order valence-corrected chi connectivity index (χ0v) is 21.1. The summed E-state index contributed by atoms with van der Waals surface area (Å²) in [6.45, 7) is 3.19. The summed E-state index contributed by atoms with van der Waals surface area (Å²) in [4.78, 5) is 17.2. The van der Waals surface area contributed by atoms with Gasteiger partial charge in [-0.25, -0.2) is 9.00 Å². The van der Waals surface area contributed by atoms with Crippen molar-refractivity contribution in [3.05, 3.63) is 57.5 Å². The summed E-state index contributed by atoms with van der Waals surface area (Å²) in [6.07, 6.45) is 3.83. The first kappa shape index (κ1) is 24.6. The van der Waals surface area contributed by atoms with E-state index in [1.54, 1.807) is 41.3 Å². The third-order valence-corrected chi connectivity index (χ3v) is 8.45. The van der Waals surface area contributed by atoms with Gasteiger partial charge in [0, 0.05) is 38.3 Å². The van der Waals surface area contributed by atoms with Crippen LogP contribution in [0.4, 0.5) is 4.79 Å². The largest absolute Gasteiger partial charge is 0.490 e. The Balaban J connectivity index is 1.21. The quantitative estimate of drug-likeness (QED) is 0.563. The summed E-state index contributed by atoms with van der Waals surface area (Å²) >= 11 is 18.1. The highest BCUT2D eigenvalue weighted by atomic mass is 35.5. The molecule has 1 N–H and O–H groups in total. The van der Waals surface area contributed by atoms with Crippen molar-refractivity contribution >= 4 is 51.8 Å². The average molecular weight is 531 g/mol. The highest BCUT2D eigenvalue weighted by Crippen LogP contribution is 2.29. The molecule has 2 aliphatic rings. The summed E-state index contributed by atoms with van der Waals surface area (Å²) < 4.78 is 21.1. The fourth-order valence-corrected chi connectivity index (χ4v) is 5.81. The molecule has 2 aromatic carbocycles. The molecule has 2 saturated heterocycles. The van der Waals surface area contributed by atoms with Gasteiger partial charge < -0.3 is 9.64 Å². The molecule has 178 valence electrons. The van der Waals surface area contributed by atoms with Crippen LogP contribution in [0.1, 0.15) is 25.7 Å². The van der Waals surface area contributed by atoms with E-state index in [2.05, 4.69) is 9.62 Å². The van der Waals surface area contributed by atoms with Gasteiger partial charge in [-0.1, -0.05) is 46.9 Å². The van der Waals surface area contributed by atoms with Crippen molar-refractivity contribution in [3.63, 3.8) is 0 Å². The maximum absolute atomic E-state index is 12.6. The molecule has 0 spiro atoms. The molecule has 2 amide bonds. The molecule has 10 heteroatoms. The Hall–Kier alpha value is -1.51. The summed E-state index contributed by atoms with van der Waals surface area (Å²) in [7, 11) is -1.68. The number of benzene rings is 2. The number of likely N-dealkylation sites (tertiary alicyclic amines) is 2. The number of nitrogens with zero attached hydrogens (tertiary/aromatic N) is 2. The monoisotopic (exact) mass is 529 g/mol. The van der Waals surface area contributed by atoms with Crippen LogP contribution >= 0.6 is 34.8 Å². The Morgan fingerprint density at radius 1 is 0.909 bits per heavy atom. The molecular weight excluding hydrogens is 505 g/mol. The van der Waals surface area contributed by atoms with Crippen LogP contribution in [-0.2, 0) is 11.0 Å². The van der Waals surface area contributed by atoms with Crippen LogP contribution in [0, 0.1) is 0 Å². The van der Waals surface area contributed by atoms with Crippen LogP contribution in [0.25, 0.3) is 0 Å². The van der Waals surface area contributed by atoms with Gasteiger partial charge >= 0.3 is 6.03 Å². The minimum Gasteiger partial charge on any atom is -0.490 e. The number of halogens is 3. The van der Waals surface area contributed by atoms with Gasteiger partial charge in [-0.3, -0.25) is 9.62 Å². The highest BCUT2D eigenvalue weighted by molar-refractivity contribution is 7.83. The normalized spacial score (nSPS) is 19.3. The standard InChI is InChI=1S/C23H26Cl3N3O3S/c24-19-6-5-18(15-21(19)26)32-17-9-13-28(14-10-17)16-7-11-29(12-8-16)23(30)27-33(31)22-4-2-1-3-20(22)25/h1-6,15-17H,7-14H2,(H,27,30). The molecule has 0 aromatic heterocycles. The Kier molecular flexibility index (Phi) is 8.41. The predicted octanol–water partition coefficient (Wildman–Crippen LogP) is 5.39. The molecule has 2 aliphatic heterocycles. The molecule has 0 aliphatic carbocycles. The maximum Gasteiger partial charge on any atom is 0.329 e. The minimum atomic E-state index is -1.68. The summed E-state index contributed by atoms with van der Waals surface area (Å²) in [6, 6.07) is 12.3. The molecule has 0 bridgehead atoms. The molecule has 0 radical (unpaired) electrons. The van der Waals surface area contributed by atoms with Gasteiger partial charge in [0.2, 0.25) is 0 Å². The first-order chi connectivity index (χ1) is 15.9. The molecular formula is C23H26Cl3N3O3S. The van der Waals surface area contributed by atoms with E-state index in [4.69, 9.17) is 39.5 Å². The first-order valence-electron chi connectivity index (χ1n) is 11.0. The number of urea groups is 1. The first-order valence-corrected chi connectivity index (χ1v) is 13.3. The summed E-state index contributed by atoms with van der Waals surface area (Å²) in [5, 5.41) is 1.40. The molecule has 33 heavy (non-hydrogen) atoms. The Morgan fingerprint density at radius 2 is 1.61 bits per heavy atom. The number of carbonyl (C=O) groups excluding carboxylic acids is 1. The van der Waals surface area contributed by atoms with Crippen molar-refractivity contribution in [1.29, 1.82) is 0 Å². The lowest BCUT2D eigenvalue weighted by molar-refractivity contribution is 0.0540. The average Bonchev–Trinajstić information content (AvgIpc) is 2.82. The number of hydrogen-bond donors (Lipinski definition) is 1. The summed E-state index contributed by atoms with van der Waals surface area (Å²) in [5.41, 5.74) is 0. The third-order valence-electron chi connectivity index (χ3n) is 6.15. The van der Waals surface area contributed by atoms with E-state index in [0.29, 0.717) is 39.1 Å². The van der Waals surface area contributed by atoms with Gasteiger partial charge in [-0.05, 0) is 49.9 Å². The Labute approximate surface area is 211 Å². The van der Waals surface area contributed by atoms with Crippen molar-refractivity contribution in [3.8, 4) is 5.75 Å². The fourth-order valence-electron chi connectivity index (χ4n) is 4.33. The van der Waals surface area contributed by atoms with Crippen molar-refractivity contribution in [2.75, 3.05) is 26.2 Å². The van der Waals surface area contributed by atoms with Crippen LogP contribution in [0.2, 0.25) is 15.1 Å². The SMILES string of the molecule is O=C(NS(=O)c1ccccc1Cl)N1CCC(N2CCC(Oc3ccc(Cl)c(Cl)c3)CC2)CC1. The molecule has 1 unspecified atom stereocenters. The molecule has 1 atom stereocenters. The van der Waals surface area contributed by atoms with Crippen molar-refractivity contribution in [2.45, 2.75) is 42.7 Å². The topological polar surface area (TPSA) is 61.9 Å². The Bertz CT molecular complexity index is 1010. The lowest BCUT2D eigenvalue weighted by Gasteiger charge is -2.41. The third kappa shape index (κ3) is 6.34. The lowest BCUT2D eigenvalue weighted by atomic mass is 9.99. The lowest BCUT2D eigenvalue weighted by Crippen LogP contribution is -2.52. The number of rotatable bonds is 5. The maximum atomic E-state index is 12.6. The van der Waals surface area contributed by atoms with Gasteiger partial charge in [-0.15, -0.1) is 0 Å². The van der Waals surface area contributed by atoms with E-state index in [0.717, 1.165) is 44.5 Å². The molecule has 2 aromatic rings. The number of ether oxygens (including phenoxy) is 1. The predicted molar refractivity (Wildman–Crippen MR) is 133 cm³/mol. The zero-order chi connectivity index (χ0) is 23.4. The second kappa shape index (κ2) is 11.3. The number of carbonyl (C=O) groups is 1. The van der Waals surface area contributed by atoms with E-state index in [1.807, 2.05) is 6.07 Å². The van der Waals surface area contributed by atoms with Crippen LogP contribution in [0.5, 0.6) is 5.75 Å². The second-order valence-corrected chi connectivity index (χ2v) is 10.7. The minimum absolute atomic E-state index is 0.157. The van der Waals surface area contributed by atoms with Crippen molar-refractivity contribution in [2.24, 2.45) is 0 Å². The summed E-state index contributed by atoms with van der Waals surface area (Å²) in [5.74, 6) is 0.747. The number of piperidine rings is 2. The van der Waals surface area contributed by atoms with Gasteiger partial charge in [0.15, 0.2) is 11.0 Å². The van der Waals surface area contributed by atoms with E-state index < -0.39 is 11.0 Å². The smallest absolute Gasteiger partial charge is 0.329 e. The van der Waals surface area contributed by atoms with Gasteiger partial charge in [0.25, 0.3) is 0 Å². The van der Waals surface area contributed by atoms with E-state index >= 15 is 0 Å². The number of amides is 2. The Morgan fingerprint density at radius 3 is 2.27 bits per heavy atom. The van der Waals surface area contributed by atoms with E-state index in [9.17, 15) is 9.00 Å². The van der Waals surface area contributed by atoms with Crippen LogP contribution in [0.15, 0.2) is 47.4 Å². The molecule has 0 saturated carbocycles. The van der Waals surface area contributed by atoms with E-state index in [-0.39, 0.29) is 12.1 Å². The zero-order valence-electron chi connectivity index (χ0n) is 18.0.